The molecule has 0 unspecified atom stereocenters. The van der Waals surface area contributed by atoms with Gasteiger partial charge in [-0.1, -0.05) is 13.0 Å². The summed E-state index contributed by atoms with van der Waals surface area (Å²) in [6.45, 7) is 6.15. The van der Waals surface area contributed by atoms with Gasteiger partial charge in [0.2, 0.25) is 0 Å². The Balaban J connectivity index is 2.12. The monoisotopic (exact) mass is 327 g/mol. The van der Waals surface area contributed by atoms with E-state index in [0.717, 1.165) is 33.8 Å². The van der Waals surface area contributed by atoms with E-state index in [9.17, 15) is 4.79 Å². The van der Waals surface area contributed by atoms with Crippen molar-refractivity contribution in [3.8, 4) is 0 Å². The molecular formula is C17H17N3O2S. The number of thiophene rings is 1. The molecule has 6 heteroatoms. The number of nitrogens with one attached hydrogen (secondary N) is 1. The number of rotatable bonds is 4. The van der Waals surface area contributed by atoms with E-state index in [0.29, 0.717) is 5.69 Å². The lowest BCUT2D eigenvalue weighted by Crippen LogP contribution is -2.02. The van der Waals surface area contributed by atoms with Crippen LogP contribution >= 0.6 is 11.3 Å². The molecule has 118 valence electrons. The molecule has 3 aromatic rings. The zero-order valence-electron chi connectivity index (χ0n) is 13.2. The van der Waals surface area contributed by atoms with Crippen LogP contribution < -0.4 is 5.32 Å². The number of benzene rings is 1. The smallest absolute Gasteiger partial charge is 0.335 e. The molecule has 0 aliphatic rings. The average Bonchev–Trinajstić information content (AvgIpc) is 2.82. The van der Waals surface area contributed by atoms with Gasteiger partial charge in [-0.15, -0.1) is 11.3 Å². The fraction of sp³-hybridized carbons (Fsp3) is 0.235. The first-order valence-electron chi connectivity index (χ1n) is 7.36. The third-order valence-electron chi connectivity index (χ3n) is 3.76. The highest BCUT2D eigenvalue weighted by molar-refractivity contribution is 7.18. The second-order valence-corrected chi connectivity index (χ2v) is 6.52. The lowest BCUT2D eigenvalue weighted by molar-refractivity contribution is 0.0697. The minimum Gasteiger partial charge on any atom is -0.478 e. The Hall–Kier alpha value is -2.47. The molecule has 2 N–H and O–H groups in total. The van der Waals surface area contributed by atoms with E-state index in [4.69, 9.17) is 5.11 Å². The van der Waals surface area contributed by atoms with Crippen molar-refractivity contribution < 1.29 is 9.90 Å². The van der Waals surface area contributed by atoms with Gasteiger partial charge in [-0.05, 0) is 37.6 Å². The van der Waals surface area contributed by atoms with Crippen LogP contribution in [-0.4, -0.2) is 21.0 Å². The summed E-state index contributed by atoms with van der Waals surface area (Å²) in [5.41, 5.74) is 2.11. The van der Waals surface area contributed by atoms with Gasteiger partial charge in [-0.3, -0.25) is 0 Å². The van der Waals surface area contributed by atoms with Gasteiger partial charge in [0.05, 0.1) is 10.9 Å². The Kier molecular flexibility index (Phi) is 4.00. The molecule has 23 heavy (non-hydrogen) atoms. The van der Waals surface area contributed by atoms with Crippen molar-refractivity contribution in [2.75, 3.05) is 5.32 Å². The Morgan fingerprint density at radius 1 is 1.30 bits per heavy atom. The van der Waals surface area contributed by atoms with E-state index in [1.165, 1.54) is 4.88 Å². The van der Waals surface area contributed by atoms with Crippen LogP contribution in [0.25, 0.3) is 10.2 Å². The molecule has 0 aliphatic heterocycles. The van der Waals surface area contributed by atoms with Crippen molar-refractivity contribution in [1.82, 2.24) is 9.97 Å². The molecule has 0 saturated heterocycles. The Morgan fingerprint density at radius 3 is 2.78 bits per heavy atom. The number of carbonyl (C=O) groups is 1. The number of nitrogens with zero attached hydrogens (tertiary/aromatic N) is 2. The van der Waals surface area contributed by atoms with Crippen molar-refractivity contribution in [2.24, 2.45) is 0 Å². The molecule has 2 heterocycles. The van der Waals surface area contributed by atoms with E-state index >= 15 is 0 Å². The quantitative estimate of drug-likeness (QED) is 0.746. The van der Waals surface area contributed by atoms with Crippen LogP contribution in [0.1, 0.15) is 33.5 Å². The molecule has 0 radical (unpaired) electrons. The molecule has 5 nitrogen and oxygen atoms in total. The van der Waals surface area contributed by atoms with Crippen molar-refractivity contribution in [3.05, 3.63) is 46.1 Å². The number of aromatic nitrogens is 2. The molecule has 0 fully saturated rings. The summed E-state index contributed by atoms with van der Waals surface area (Å²) in [7, 11) is 0. The van der Waals surface area contributed by atoms with Crippen LogP contribution in [0.3, 0.4) is 0 Å². The van der Waals surface area contributed by atoms with Gasteiger partial charge < -0.3 is 10.4 Å². The summed E-state index contributed by atoms with van der Waals surface area (Å²) in [6.07, 6.45) is 0.746. The zero-order valence-corrected chi connectivity index (χ0v) is 14.0. The predicted molar refractivity (Wildman–Crippen MR) is 93.0 cm³/mol. The number of carboxylic acids is 1. The van der Waals surface area contributed by atoms with Gasteiger partial charge in [-0.25, -0.2) is 14.8 Å². The lowest BCUT2D eigenvalue weighted by atomic mass is 10.2. The van der Waals surface area contributed by atoms with Crippen molar-refractivity contribution in [2.45, 2.75) is 27.2 Å². The van der Waals surface area contributed by atoms with Gasteiger partial charge in [0.1, 0.15) is 16.5 Å². The normalized spacial score (nSPS) is 10.9. The largest absolute Gasteiger partial charge is 0.478 e. The number of fused-ring (bicyclic) bond motifs is 1. The minimum atomic E-state index is -0.946. The maximum atomic E-state index is 11.1. The SMILES string of the molecule is CCc1nc(Nc2cccc(C(=O)O)c2)c2c(C)c(C)sc2n1. The summed E-state index contributed by atoms with van der Waals surface area (Å²) < 4.78 is 0. The lowest BCUT2D eigenvalue weighted by Gasteiger charge is -2.10. The fourth-order valence-electron chi connectivity index (χ4n) is 2.41. The van der Waals surface area contributed by atoms with Crippen LogP contribution in [0.2, 0.25) is 0 Å². The van der Waals surface area contributed by atoms with Crippen LogP contribution in [0.5, 0.6) is 0 Å². The zero-order chi connectivity index (χ0) is 16.6. The Labute approximate surface area is 138 Å². The summed E-state index contributed by atoms with van der Waals surface area (Å²) in [5, 5.41) is 13.4. The van der Waals surface area contributed by atoms with Crippen LogP contribution in [0, 0.1) is 13.8 Å². The van der Waals surface area contributed by atoms with Gasteiger partial charge >= 0.3 is 5.97 Å². The standard InChI is InChI=1S/C17H17N3O2S/c1-4-13-19-15(14-9(2)10(3)23-16(14)20-13)18-12-7-5-6-11(8-12)17(21)22/h5-8H,4H2,1-3H3,(H,21,22)(H,18,19,20). The van der Waals surface area contributed by atoms with Crippen molar-refractivity contribution in [1.29, 1.82) is 0 Å². The first-order valence-corrected chi connectivity index (χ1v) is 8.18. The van der Waals surface area contributed by atoms with Gasteiger partial charge in [0.15, 0.2) is 0 Å². The third-order valence-corrected chi connectivity index (χ3v) is 4.86. The maximum absolute atomic E-state index is 11.1. The molecule has 0 bridgehead atoms. The number of aryl methyl sites for hydroxylation is 3. The van der Waals surface area contributed by atoms with Crippen LogP contribution in [0.15, 0.2) is 24.3 Å². The molecule has 0 spiro atoms. The number of carboxylic acid groups (broad SMARTS) is 1. The number of anilines is 2. The molecule has 2 aromatic heterocycles. The summed E-state index contributed by atoms with van der Waals surface area (Å²) in [6, 6.07) is 6.73. The molecule has 0 amide bonds. The third kappa shape index (κ3) is 2.90. The van der Waals surface area contributed by atoms with Crippen molar-refractivity contribution >= 4 is 39.0 Å². The van der Waals surface area contributed by atoms with E-state index in [-0.39, 0.29) is 5.56 Å². The summed E-state index contributed by atoms with van der Waals surface area (Å²) in [4.78, 5) is 22.5. The second kappa shape index (κ2) is 5.96. The van der Waals surface area contributed by atoms with E-state index < -0.39 is 5.97 Å². The Bertz CT molecular complexity index is 902. The molecule has 0 saturated carbocycles. The highest BCUT2D eigenvalue weighted by atomic mass is 32.1. The molecular weight excluding hydrogens is 310 g/mol. The van der Waals surface area contributed by atoms with E-state index in [1.54, 1.807) is 29.5 Å². The fourth-order valence-corrected chi connectivity index (χ4v) is 3.46. The van der Waals surface area contributed by atoms with Crippen LogP contribution in [0.4, 0.5) is 11.5 Å². The average molecular weight is 327 g/mol. The molecule has 1 aromatic carbocycles. The predicted octanol–water partition coefficient (Wildman–Crippen LogP) is 4.31. The van der Waals surface area contributed by atoms with E-state index in [2.05, 4.69) is 29.1 Å². The van der Waals surface area contributed by atoms with Crippen molar-refractivity contribution in [3.63, 3.8) is 0 Å². The highest BCUT2D eigenvalue weighted by Gasteiger charge is 2.14. The number of hydrogen-bond donors (Lipinski definition) is 2. The maximum Gasteiger partial charge on any atom is 0.335 e. The number of aromatic carboxylic acids is 1. The van der Waals surface area contributed by atoms with Gasteiger partial charge in [-0.2, -0.15) is 0 Å². The van der Waals surface area contributed by atoms with Gasteiger partial charge in [0, 0.05) is 17.0 Å². The first-order chi connectivity index (χ1) is 11.0. The topological polar surface area (TPSA) is 75.1 Å². The minimum absolute atomic E-state index is 0.245. The molecule has 0 atom stereocenters. The van der Waals surface area contributed by atoms with Crippen LogP contribution in [-0.2, 0) is 6.42 Å². The first kappa shape index (κ1) is 15.4. The highest BCUT2D eigenvalue weighted by Crippen LogP contribution is 2.34. The Morgan fingerprint density at radius 2 is 2.09 bits per heavy atom. The molecule has 3 rings (SSSR count). The summed E-state index contributed by atoms with van der Waals surface area (Å²) >= 11 is 1.66. The van der Waals surface area contributed by atoms with E-state index in [1.807, 2.05) is 13.0 Å². The number of hydrogen-bond acceptors (Lipinski definition) is 5. The van der Waals surface area contributed by atoms with Gasteiger partial charge in [0.25, 0.3) is 0 Å². The summed E-state index contributed by atoms with van der Waals surface area (Å²) in [5.74, 6) is 0.560. The second-order valence-electron chi connectivity index (χ2n) is 5.32. The molecule has 0 aliphatic carbocycles.